The summed E-state index contributed by atoms with van der Waals surface area (Å²) >= 11 is 1.46. The number of carboxylic acids is 1. The van der Waals surface area contributed by atoms with Crippen LogP contribution < -0.4 is 5.32 Å². The minimum absolute atomic E-state index is 0.152. The Balaban J connectivity index is 1.38. The molecule has 1 amide bonds. The lowest BCUT2D eigenvalue weighted by Gasteiger charge is -2.14. The highest BCUT2D eigenvalue weighted by atomic mass is 32.2. The molecule has 2 N–H and O–H groups in total. The van der Waals surface area contributed by atoms with Gasteiger partial charge < -0.3 is 10.4 Å². The fraction of sp³-hybridized carbons (Fsp3) is 0.120. The molecule has 32 heavy (non-hydrogen) atoms. The molecule has 0 bridgehead atoms. The van der Waals surface area contributed by atoms with Crippen LogP contribution in [0.3, 0.4) is 0 Å². The van der Waals surface area contributed by atoms with E-state index in [1.54, 1.807) is 36.5 Å². The SMILES string of the molecule is O=C(N[C@@H](CSCc1ccc2ccccc2c1)C(=O)O)c1cccc(-c2ccccn2)n1. The Morgan fingerprint density at radius 1 is 0.906 bits per heavy atom. The van der Waals surface area contributed by atoms with Crippen LogP contribution in [0.5, 0.6) is 0 Å². The van der Waals surface area contributed by atoms with E-state index in [0.717, 1.165) is 16.3 Å². The van der Waals surface area contributed by atoms with Crippen molar-refractivity contribution < 1.29 is 14.7 Å². The zero-order valence-corrected chi connectivity index (χ0v) is 18.0. The Labute approximate surface area is 189 Å². The molecule has 6 nitrogen and oxygen atoms in total. The molecule has 1 atom stereocenters. The number of nitrogens with zero attached hydrogens (tertiary/aromatic N) is 2. The van der Waals surface area contributed by atoms with Gasteiger partial charge in [0.2, 0.25) is 0 Å². The third-order valence-corrected chi connectivity index (χ3v) is 5.99. The Hall–Kier alpha value is -3.71. The summed E-state index contributed by atoms with van der Waals surface area (Å²) in [4.78, 5) is 32.9. The number of aliphatic carboxylic acids is 1. The fourth-order valence-electron chi connectivity index (χ4n) is 3.25. The van der Waals surface area contributed by atoms with E-state index in [9.17, 15) is 14.7 Å². The van der Waals surface area contributed by atoms with E-state index in [0.29, 0.717) is 17.1 Å². The van der Waals surface area contributed by atoms with E-state index < -0.39 is 17.9 Å². The number of hydrogen-bond acceptors (Lipinski definition) is 5. The molecule has 2 aromatic carbocycles. The van der Waals surface area contributed by atoms with Gasteiger partial charge in [0.25, 0.3) is 5.91 Å². The molecule has 0 aliphatic heterocycles. The number of pyridine rings is 2. The van der Waals surface area contributed by atoms with Gasteiger partial charge in [-0.05, 0) is 40.6 Å². The summed E-state index contributed by atoms with van der Waals surface area (Å²) in [5, 5.41) is 14.5. The number of aromatic nitrogens is 2. The van der Waals surface area contributed by atoms with E-state index in [1.807, 2.05) is 24.3 Å². The van der Waals surface area contributed by atoms with E-state index in [2.05, 4.69) is 39.6 Å². The van der Waals surface area contributed by atoms with Crippen molar-refractivity contribution in [1.82, 2.24) is 15.3 Å². The lowest BCUT2D eigenvalue weighted by molar-refractivity contribution is -0.138. The zero-order chi connectivity index (χ0) is 22.3. The molecule has 0 spiro atoms. The number of benzene rings is 2. The standard InChI is InChI=1S/C25H21N3O3S/c29-24(22-10-5-9-21(27-22)20-8-3-4-13-26-20)28-23(25(30)31)16-32-15-17-11-12-18-6-1-2-7-19(18)14-17/h1-14,23H,15-16H2,(H,28,29)(H,30,31)/t23-/m0/s1. The van der Waals surface area contributed by atoms with E-state index >= 15 is 0 Å². The first-order valence-corrected chi connectivity index (χ1v) is 11.2. The third kappa shape index (κ3) is 5.31. The number of carbonyl (C=O) groups excluding carboxylic acids is 1. The minimum Gasteiger partial charge on any atom is -0.480 e. The van der Waals surface area contributed by atoms with Gasteiger partial charge in [-0.2, -0.15) is 11.8 Å². The van der Waals surface area contributed by atoms with Crippen LogP contribution in [0.15, 0.2) is 85.1 Å². The van der Waals surface area contributed by atoms with Crippen molar-refractivity contribution in [2.24, 2.45) is 0 Å². The minimum atomic E-state index is -1.08. The van der Waals surface area contributed by atoms with Crippen LogP contribution in [0.1, 0.15) is 16.1 Å². The van der Waals surface area contributed by atoms with Crippen molar-refractivity contribution in [3.8, 4) is 11.4 Å². The van der Waals surface area contributed by atoms with Crippen LogP contribution in [0.4, 0.5) is 0 Å². The Bertz CT molecular complexity index is 1250. The van der Waals surface area contributed by atoms with Gasteiger partial charge in [-0.25, -0.2) is 9.78 Å². The fourth-order valence-corrected chi connectivity index (χ4v) is 4.24. The number of hydrogen-bond donors (Lipinski definition) is 2. The van der Waals surface area contributed by atoms with Crippen molar-refractivity contribution in [2.45, 2.75) is 11.8 Å². The Kier molecular flexibility index (Phi) is 6.77. The predicted octanol–water partition coefficient (Wildman–Crippen LogP) is 4.41. The maximum atomic E-state index is 12.7. The highest BCUT2D eigenvalue weighted by Crippen LogP contribution is 2.20. The average Bonchev–Trinajstić information content (AvgIpc) is 2.83. The van der Waals surface area contributed by atoms with Crippen LogP contribution >= 0.6 is 11.8 Å². The topological polar surface area (TPSA) is 92.2 Å². The van der Waals surface area contributed by atoms with Crippen molar-refractivity contribution in [3.05, 3.63) is 96.3 Å². The third-order valence-electron chi connectivity index (χ3n) is 4.88. The molecular weight excluding hydrogens is 422 g/mol. The lowest BCUT2D eigenvalue weighted by atomic mass is 10.1. The molecule has 0 saturated heterocycles. The molecule has 7 heteroatoms. The zero-order valence-electron chi connectivity index (χ0n) is 17.1. The number of fused-ring (bicyclic) bond motifs is 1. The van der Waals surface area contributed by atoms with Gasteiger partial charge in [-0.15, -0.1) is 0 Å². The van der Waals surface area contributed by atoms with Crippen LogP contribution in [-0.4, -0.2) is 38.7 Å². The molecule has 160 valence electrons. The number of carboxylic acid groups (broad SMARTS) is 1. The maximum Gasteiger partial charge on any atom is 0.327 e. The molecule has 0 aliphatic carbocycles. The van der Waals surface area contributed by atoms with Gasteiger partial charge in [-0.3, -0.25) is 9.78 Å². The number of thioether (sulfide) groups is 1. The quantitative estimate of drug-likeness (QED) is 0.419. The molecule has 0 aliphatic rings. The summed E-state index contributed by atoms with van der Waals surface area (Å²) in [6.45, 7) is 0. The normalized spacial score (nSPS) is 11.8. The number of nitrogens with one attached hydrogen (secondary N) is 1. The second-order valence-electron chi connectivity index (χ2n) is 7.18. The van der Waals surface area contributed by atoms with Gasteiger partial charge in [0, 0.05) is 17.7 Å². The van der Waals surface area contributed by atoms with Gasteiger partial charge in [0.05, 0.1) is 11.4 Å². The largest absolute Gasteiger partial charge is 0.480 e. The Morgan fingerprint density at radius 3 is 2.47 bits per heavy atom. The van der Waals surface area contributed by atoms with Crippen LogP contribution in [0.25, 0.3) is 22.2 Å². The maximum absolute atomic E-state index is 12.7. The summed E-state index contributed by atoms with van der Waals surface area (Å²) in [7, 11) is 0. The first-order chi connectivity index (χ1) is 15.6. The summed E-state index contributed by atoms with van der Waals surface area (Å²) in [6, 6.07) is 23.7. The molecule has 0 saturated carbocycles. The summed E-state index contributed by atoms with van der Waals surface area (Å²) in [5.74, 6) is -0.710. The molecule has 0 unspecified atom stereocenters. The van der Waals surface area contributed by atoms with Gasteiger partial charge >= 0.3 is 5.97 Å². The molecule has 2 aromatic heterocycles. The predicted molar refractivity (Wildman–Crippen MR) is 126 cm³/mol. The number of rotatable bonds is 8. The van der Waals surface area contributed by atoms with Crippen molar-refractivity contribution in [1.29, 1.82) is 0 Å². The lowest BCUT2D eigenvalue weighted by Crippen LogP contribution is -2.42. The van der Waals surface area contributed by atoms with Crippen molar-refractivity contribution in [3.63, 3.8) is 0 Å². The van der Waals surface area contributed by atoms with Crippen LogP contribution in [-0.2, 0) is 10.5 Å². The van der Waals surface area contributed by atoms with Crippen molar-refractivity contribution >= 4 is 34.4 Å². The van der Waals surface area contributed by atoms with Crippen LogP contribution in [0.2, 0.25) is 0 Å². The molecule has 4 rings (SSSR count). The summed E-state index contributed by atoms with van der Waals surface area (Å²) in [5.41, 5.74) is 2.45. The monoisotopic (exact) mass is 443 g/mol. The van der Waals surface area contributed by atoms with Gasteiger partial charge in [0.1, 0.15) is 11.7 Å². The summed E-state index contributed by atoms with van der Waals surface area (Å²) in [6.07, 6.45) is 1.65. The highest BCUT2D eigenvalue weighted by Gasteiger charge is 2.21. The molecule has 0 fully saturated rings. The Morgan fingerprint density at radius 2 is 1.69 bits per heavy atom. The first kappa shape index (κ1) is 21.5. The van der Waals surface area contributed by atoms with Gasteiger partial charge in [-0.1, -0.05) is 54.6 Å². The second kappa shape index (κ2) is 10.1. The number of carbonyl (C=O) groups is 2. The van der Waals surface area contributed by atoms with E-state index in [1.165, 1.54) is 11.8 Å². The van der Waals surface area contributed by atoms with Gasteiger partial charge in [0.15, 0.2) is 0 Å². The summed E-state index contributed by atoms with van der Waals surface area (Å²) < 4.78 is 0. The van der Waals surface area contributed by atoms with Crippen LogP contribution in [0, 0.1) is 0 Å². The number of amides is 1. The highest BCUT2D eigenvalue weighted by molar-refractivity contribution is 7.98. The van der Waals surface area contributed by atoms with E-state index in [4.69, 9.17) is 0 Å². The molecule has 4 aromatic rings. The van der Waals surface area contributed by atoms with E-state index in [-0.39, 0.29) is 11.4 Å². The molecular formula is C25H21N3O3S. The average molecular weight is 444 g/mol. The second-order valence-corrected chi connectivity index (χ2v) is 8.21. The first-order valence-electron chi connectivity index (χ1n) is 10.1. The van der Waals surface area contributed by atoms with Crippen molar-refractivity contribution in [2.75, 3.05) is 5.75 Å². The molecule has 2 heterocycles. The smallest absolute Gasteiger partial charge is 0.327 e. The molecule has 0 radical (unpaired) electrons.